The van der Waals surface area contributed by atoms with Crippen molar-refractivity contribution in [1.82, 2.24) is 10.2 Å². The molecule has 1 N–H and O–H groups in total. The Bertz CT molecular complexity index is 256. The van der Waals surface area contributed by atoms with Crippen LogP contribution in [0.25, 0.3) is 0 Å². The van der Waals surface area contributed by atoms with Crippen molar-refractivity contribution >= 4 is 6.09 Å². The molecule has 0 spiro atoms. The van der Waals surface area contributed by atoms with E-state index in [4.69, 9.17) is 4.74 Å². The van der Waals surface area contributed by atoms with Crippen LogP contribution in [0.15, 0.2) is 0 Å². The Morgan fingerprint density at radius 1 is 1.15 bits per heavy atom. The molecule has 1 atom stereocenters. The van der Waals surface area contributed by atoms with E-state index in [9.17, 15) is 4.79 Å². The third kappa shape index (κ3) is 11.1. The van der Waals surface area contributed by atoms with Gasteiger partial charge >= 0.3 is 6.09 Å². The highest BCUT2D eigenvalue weighted by molar-refractivity contribution is 5.68. The van der Waals surface area contributed by atoms with Crippen LogP contribution in [0.2, 0.25) is 0 Å². The van der Waals surface area contributed by atoms with Crippen LogP contribution in [0.5, 0.6) is 0 Å². The second kappa shape index (κ2) is 10.0. The normalized spacial score (nSPS) is 13.3. The summed E-state index contributed by atoms with van der Waals surface area (Å²) in [4.78, 5) is 14.1. The number of ether oxygens (including phenoxy) is 1. The molecule has 0 heterocycles. The van der Waals surface area contributed by atoms with Crippen LogP contribution in [0.1, 0.15) is 67.2 Å². The molecule has 0 aromatic heterocycles. The van der Waals surface area contributed by atoms with Crippen LogP contribution >= 0.6 is 0 Å². The number of hydrogen-bond acceptors (Lipinski definition) is 3. The van der Waals surface area contributed by atoms with Crippen LogP contribution < -0.4 is 5.32 Å². The molecule has 120 valence electrons. The number of hydrogen-bond donors (Lipinski definition) is 1. The highest BCUT2D eigenvalue weighted by atomic mass is 16.6. The van der Waals surface area contributed by atoms with Gasteiger partial charge in [-0.25, -0.2) is 4.79 Å². The fourth-order valence-electron chi connectivity index (χ4n) is 2.15. The van der Waals surface area contributed by atoms with Crippen molar-refractivity contribution in [3.63, 3.8) is 0 Å². The summed E-state index contributed by atoms with van der Waals surface area (Å²) in [5.74, 6) is 0. The lowest BCUT2D eigenvalue weighted by Gasteiger charge is -2.23. The van der Waals surface area contributed by atoms with E-state index in [2.05, 4.69) is 24.1 Å². The Kier molecular flexibility index (Phi) is 9.64. The van der Waals surface area contributed by atoms with Gasteiger partial charge in [0, 0.05) is 5.54 Å². The molecule has 0 aromatic carbocycles. The van der Waals surface area contributed by atoms with E-state index in [0.717, 1.165) is 32.5 Å². The molecule has 1 amide bonds. The van der Waals surface area contributed by atoms with Gasteiger partial charge < -0.3 is 15.0 Å². The van der Waals surface area contributed by atoms with Gasteiger partial charge in [0.2, 0.25) is 0 Å². The molecule has 0 rings (SSSR count). The molecule has 0 radical (unpaired) electrons. The summed E-state index contributed by atoms with van der Waals surface area (Å²) in [6, 6.07) is 0. The van der Waals surface area contributed by atoms with Gasteiger partial charge in [-0.3, -0.25) is 0 Å². The molecule has 0 aliphatic rings. The summed E-state index contributed by atoms with van der Waals surface area (Å²) in [6.07, 6.45) is 4.04. The Morgan fingerprint density at radius 2 is 1.70 bits per heavy atom. The summed E-state index contributed by atoms with van der Waals surface area (Å²) < 4.78 is 5.36. The Hall–Kier alpha value is -0.770. The number of nitrogens with one attached hydrogen (secondary N) is 1. The summed E-state index contributed by atoms with van der Waals surface area (Å²) in [7, 11) is 0. The predicted octanol–water partition coefficient (Wildman–Crippen LogP) is 3.80. The predicted molar refractivity (Wildman–Crippen MR) is 85.1 cm³/mol. The molecule has 0 aliphatic heterocycles. The SMILES string of the molecule is CCCN(CCC)CCCC(C)OC(=O)NC(C)(C)C. The van der Waals surface area contributed by atoms with Crippen molar-refractivity contribution in [3.05, 3.63) is 0 Å². The second-order valence-corrected chi connectivity index (χ2v) is 6.57. The first-order valence-corrected chi connectivity index (χ1v) is 7.99. The van der Waals surface area contributed by atoms with Gasteiger partial charge in [0.1, 0.15) is 6.10 Å². The third-order valence-electron chi connectivity index (χ3n) is 2.95. The maximum atomic E-state index is 11.6. The summed E-state index contributed by atoms with van der Waals surface area (Å²) in [6.45, 7) is 15.7. The van der Waals surface area contributed by atoms with Gasteiger partial charge in [-0.05, 0) is 73.0 Å². The van der Waals surface area contributed by atoms with E-state index < -0.39 is 0 Å². The van der Waals surface area contributed by atoms with Gasteiger partial charge in [0.25, 0.3) is 0 Å². The molecular formula is C16H34N2O2. The summed E-state index contributed by atoms with van der Waals surface area (Å²) in [5.41, 5.74) is -0.240. The van der Waals surface area contributed by atoms with Gasteiger partial charge in [-0.1, -0.05) is 13.8 Å². The highest BCUT2D eigenvalue weighted by Gasteiger charge is 2.16. The van der Waals surface area contributed by atoms with Gasteiger partial charge in [0.05, 0.1) is 0 Å². The lowest BCUT2D eigenvalue weighted by Crippen LogP contribution is -2.42. The molecule has 4 nitrogen and oxygen atoms in total. The minimum absolute atomic E-state index is 0.0255. The zero-order valence-corrected chi connectivity index (χ0v) is 14.3. The average Bonchev–Trinajstić information content (AvgIpc) is 2.26. The second-order valence-electron chi connectivity index (χ2n) is 6.57. The number of nitrogens with zero attached hydrogens (tertiary/aromatic N) is 1. The minimum atomic E-state index is -0.316. The Labute approximate surface area is 125 Å². The largest absolute Gasteiger partial charge is 0.447 e. The van der Waals surface area contributed by atoms with Crippen molar-refractivity contribution in [3.8, 4) is 0 Å². The van der Waals surface area contributed by atoms with E-state index >= 15 is 0 Å². The van der Waals surface area contributed by atoms with Crippen molar-refractivity contribution < 1.29 is 9.53 Å². The zero-order valence-electron chi connectivity index (χ0n) is 14.3. The quantitative estimate of drug-likeness (QED) is 0.701. The first kappa shape index (κ1) is 19.2. The maximum absolute atomic E-state index is 11.6. The van der Waals surface area contributed by atoms with Crippen LogP contribution in [-0.2, 0) is 4.74 Å². The standard InChI is InChI=1S/C16H34N2O2/c1-7-11-18(12-8-2)13-9-10-14(3)20-15(19)17-16(4,5)6/h14H,7-13H2,1-6H3,(H,17,19). The number of alkyl carbamates (subject to hydrolysis) is 1. The molecule has 0 bridgehead atoms. The molecule has 0 fully saturated rings. The van der Waals surface area contributed by atoms with Crippen LogP contribution in [0.3, 0.4) is 0 Å². The minimum Gasteiger partial charge on any atom is -0.447 e. The van der Waals surface area contributed by atoms with Crippen molar-refractivity contribution in [2.75, 3.05) is 19.6 Å². The molecular weight excluding hydrogens is 252 g/mol. The first-order valence-electron chi connectivity index (χ1n) is 7.99. The van der Waals surface area contributed by atoms with Crippen LogP contribution in [0, 0.1) is 0 Å². The monoisotopic (exact) mass is 286 g/mol. The van der Waals surface area contributed by atoms with E-state index in [0.29, 0.717) is 0 Å². The summed E-state index contributed by atoms with van der Waals surface area (Å²) >= 11 is 0. The smallest absolute Gasteiger partial charge is 0.407 e. The van der Waals surface area contributed by atoms with E-state index in [-0.39, 0.29) is 17.7 Å². The van der Waals surface area contributed by atoms with Gasteiger partial charge in [-0.15, -0.1) is 0 Å². The average molecular weight is 286 g/mol. The van der Waals surface area contributed by atoms with Gasteiger partial charge in [-0.2, -0.15) is 0 Å². The van der Waals surface area contributed by atoms with E-state index in [1.807, 2.05) is 27.7 Å². The lowest BCUT2D eigenvalue weighted by atomic mass is 10.1. The van der Waals surface area contributed by atoms with Crippen molar-refractivity contribution in [2.24, 2.45) is 0 Å². The zero-order chi connectivity index (χ0) is 15.6. The number of amides is 1. The Morgan fingerprint density at radius 3 is 2.15 bits per heavy atom. The lowest BCUT2D eigenvalue weighted by molar-refractivity contribution is 0.0924. The molecule has 0 saturated heterocycles. The topological polar surface area (TPSA) is 41.6 Å². The Balaban J connectivity index is 3.86. The maximum Gasteiger partial charge on any atom is 0.407 e. The molecule has 0 aromatic rings. The van der Waals surface area contributed by atoms with Gasteiger partial charge in [0.15, 0.2) is 0 Å². The summed E-state index contributed by atoms with van der Waals surface area (Å²) in [5, 5.41) is 2.82. The van der Waals surface area contributed by atoms with Crippen LogP contribution in [0.4, 0.5) is 4.79 Å². The molecule has 0 saturated carbocycles. The fourth-order valence-corrected chi connectivity index (χ4v) is 2.15. The first-order chi connectivity index (χ1) is 9.28. The van der Waals surface area contributed by atoms with E-state index in [1.165, 1.54) is 12.8 Å². The number of carbonyl (C=O) groups is 1. The molecule has 4 heteroatoms. The number of rotatable bonds is 9. The van der Waals surface area contributed by atoms with Crippen molar-refractivity contribution in [2.45, 2.75) is 78.9 Å². The van der Waals surface area contributed by atoms with Crippen molar-refractivity contribution in [1.29, 1.82) is 0 Å². The fraction of sp³-hybridized carbons (Fsp3) is 0.938. The van der Waals surface area contributed by atoms with E-state index in [1.54, 1.807) is 0 Å². The highest BCUT2D eigenvalue weighted by Crippen LogP contribution is 2.06. The third-order valence-corrected chi connectivity index (χ3v) is 2.95. The van der Waals surface area contributed by atoms with Crippen LogP contribution in [-0.4, -0.2) is 42.3 Å². The molecule has 1 unspecified atom stereocenters. The molecule has 0 aliphatic carbocycles. The molecule has 20 heavy (non-hydrogen) atoms. The number of carbonyl (C=O) groups excluding carboxylic acids is 1.